The summed E-state index contributed by atoms with van der Waals surface area (Å²) >= 11 is 0. The molecule has 8 heteroatoms. The monoisotopic (exact) mass is 394 g/mol. The van der Waals surface area contributed by atoms with Gasteiger partial charge in [0.2, 0.25) is 0 Å². The summed E-state index contributed by atoms with van der Waals surface area (Å²) in [5, 5.41) is 15.8. The summed E-state index contributed by atoms with van der Waals surface area (Å²) in [5.74, 6) is -1.35. The molecule has 3 aromatic rings. The van der Waals surface area contributed by atoms with Crippen LogP contribution in [0.1, 0.15) is 17.3 Å². The third-order valence-corrected chi connectivity index (χ3v) is 4.28. The average molecular weight is 394 g/mol. The molecule has 8 nitrogen and oxygen atoms in total. The largest absolute Gasteiger partial charge is 0.490 e. The van der Waals surface area contributed by atoms with Gasteiger partial charge in [0, 0.05) is 11.8 Å². The molecule has 0 saturated heterocycles. The Labute approximate surface area is 166 Å². The Morgan fingerprint density at radius 3 is 2.45 bits per heavy atom. The van der Waals surface area contributed by atoms with Crippen molar-refractivity contribution in [1.29, 1.82) is 0 Å². The number of anilines is 1. The van der Waals surface area contributed by atoms with Crippen molar-refractivity contribution in [2.75, 3.05) is 12.4 Å². The topological polar surface area (TPSA) is 108 Å². The highest BCUT2D eigenvalue weighted by Crippen LogP contribution is 2.28. The van der Waals surface area contributed by atoms with Crippen LogP contribution in [0.15, 0.2) is 60.7 Å². The Bertz CT molecular complexity index is 1100. The summed E-state index contributed by atoms with van der Waals surface area (Å²) in [4.78, 5) is 35.1. The summed E-state index contributed by atoms with van der Waals surface area (Å²) in [7, 11) is 1.29. The van der Waals surface area contributed by atoms with Crippen molar-refractivity contribution in [3.05, 3.63) is 76.3 Å². The first-order valence-electron chi connectivity index (χ1n) is 8.72. The van der Waals surface area contributed by atoms with Crippen LogP contribution in [0.3, 0.4) is 0 Å². The molecule has 0 aliphatic rings. The third-order valence-electron chi connectivity index (χ3n) is 4.28. The number of benzene rings is 3. The number of methoxy groups -OCH3 is 1. The van der Waals surface area contributed by atoms with E-state index in [1.165, 1.54) is 26.2 Å². The van der Waals surface area contributed by atoms with Crippen LogP contribution in [-0.2, 0) is 9.53 Å². The maximum atomic E-state index is 12.4. The van der Waals surface area contributed by atoms with Crippen LogP contribution in [0.25, 0.3) is 10.8 Å². The smallest absolute Gasteiger partial charge is 0.339 e. The summed E-state index contributed by atoms with van der Waals surface area (Å²) in [6.07, 6.45) is -1.10. The van der Waals surface area contributed by atoms with E-state index in [0.29, 0.717) is 5.69 Å². The summed E-state index contributed by atoms with van der Waals surface area (Å²) in [6, 6.07) is 16.8. The van der Waals surface area contributed by atoms with Gasteiger partial charge in [0.15, 0.2) is 11.9 Å². The number of ether oxygens (including phenoxy) is 2. The molecule has 0 fully saturated rings. The van der Waals surface area contributed by atoms with Gasteiger partial charge < -0.3 is 14.8 Å². The number of carbonyl (C=O) groups is 2. The summed E-state index contributed by atoms with van der Waals surface area (Å²) in [5.41, 5.74) is 0.148. The fraction of sp³-hybridized carbons (Fsp3) is 0.143. The molecule has 0 spiro atoms. The third kappa shape index (κ3) is 4.49. The van der Waals surface area contributed by atoms with Gasteiger partial charge in [-0.2, -0.15) is 0 Å². The van der Waals surface area contributed by atoms with E-state index >= 15 is 0 Å². The van der Waals surface area contributed by atoms with Crippen molar-refractivity contribution >= 4 is 34.0 Å². The standard InChI is InChI=1S/C21H18N2O6/c1-13(20(24)22-17-9-7-14-5-3-4-6-15(14)11-17)29-21(25)16-8-10-19(28-2)18(12-16)23(26)27/h3-13H,1-2H3,(H,22,24)/t13-/m0/s1. The number of nitrogens with one attached hydrogen (secondary N) is 1. The Kier molecular flexibility index (Phi) is 5.73. The van der Waals surface area contributed by atoms with Crippen LogP contribution in [-0.4, -0.2) is 30.0 Å². The molecule has 29 heavy (non-hydrogen) atoms. The minimum absolute atomic E-state index is 0.0219. The molecule has 1 N–H and O–H groups in total. The summed E-state index contributed by atoms with van der Waals surface area (Å²) < 4.78 is 10.1. The van der Waals surface area contributed by atoms with Crippen LogP contribution in [0, 0.1) is 10.1 Å². The second-order valence-electron chi connectivity index (χ2n) is 6.24. The first kappa shape index (κ1) is 19.8. The molecule has 0 saturated carbocycles. The van der Waals surface area contributed by atoms with Crippen LogP contribution < -0.4 is 10.1 Å². The predicted octanol–water partition coefficient (Wildman–Crippen LogP) is 3.94. The Balaban J connectivity index is 1.69. The molecule has 0 heterocycles. The van der Waals surface area contributed by atoms with Gasteiger partial charge >= 0.3 is 11.7 Å². The number of nitro groups is 1. The van der Waals surface area contributed by atoms with E-state index in [-0.39, 0.29) is 17.0 Å². The maximum absolute atomic E-state index is 12.4. The van der Waals surface area contributed by atoms with E-state index in [1.54, 1.807) is 6.07 Å². The van der Waals surface area contributed by atoms with Gasteiger partial charge in [-0.25, -0.2) is 4.79 Å². The molecular weight excluding hydrogens is 376 g/mol. The van der Waals surface area contributed by atoms with Crippen LogP contribution in [0.2, 0.25) is 0 Å². The second kappa shape index (κ2) is 8.39. The Morgan fingerprint density at radius 2 is 1.76 bits per heavy atom. The number of amides is 1. The van der Waals surface area contributed by atoms with E-state index in [1.807, 2.05) is 36.4 Å². The minimum Gasteiger partial charge on any atom is -0.490 e. The van der Waals surface area contributed by atoms with E-state index in [0.717, 1.165) is 16.8 Å². The number of esters is 1. The second-order valence-corrected chi connectivity index (χ2v) is 6.24. The van der Waals surface area contributed by atoms with Crippen LogP contribution >= 0.6 is 0 Å². The van der Waals surface area contributed by atoms with Crippen molar-refractivity contribution in [2.24, 2.45) is 0 Å². The zero-order valence-electron chi connectivity index (χ0n) is 15.7. The van der Waals surface area contributed by atoms with E-state index in [2.05, 4.69) is 5.32 Å². The van der Waals surface area contributed by atoms with E-state index in [4.69, 9.17) is 9.47 Å². The molecule has 0 radical (unpaired) electrons. The fourth-order valence-corrected chi connectivity index (χ4v) is 2.75. The lowest BCUT2D eigenvalue weighted by Gasteiger charge is -2.14. The van der Waals surface area contributed by atoms with E-state index in [9.17, 15) is 19.7 Å². The SMILES string of the molecule is COc1ccc(C(=O)O[C@@H](C)C(=O)Nc2ccc3ccccc3c2)cc1[N+](=O)[O-]. The lowest BCUT2D eigenvalue weighted by molar-refractivity contribution is -0.385. The number of fused-ring (bicyclic) bond motifs is 1. The molecule has 3 aromatic carbocycles. The van der Waals surface area contributed by atoms with Gasteiger partial charge in [0.25, 0.3) is 5.91 Å². The van der Waals surface area contributed by atoms with Crippen molar-refractivity contribution in [3.8, 4) is 5.75 Å². The number of nitro benzene ring substituents is 1. The lowest BCUT2D eigenvalue weighted by atomic mass is 10.1. The Morgan fingerprint density at radius 1 is 1.03 bits per heavy atom. The molecule has 0 unspecified atom stereocenters. The van der Waals surface area contributed by atoms with Gasteiger partial charge in [-0.3, -0.25) is 14.9 Å². The van der Waals surface area contributed by atoms with Crippen molar-refractivity contribution < 1.29 is 24.0 Å². The maximum Gasteiger partial charge on any atom is 0.339 e. The van der Waals surface area contributed by atoms with Gasteiger partial charge in [-0.05, 0) is 42.0 Å². The minimum atomic E-state index is -1.10. The molecule has 3 rings (SSSR count). The molecule has 148 valence electrons. The predicted molar refractivity (Wildman–Crippen MR) is 107 cm³/mol. The number of hydrogen-bond acceptors (Lipinski definition) is 6. The molecule has 0 aromatic heterocycles. The fourth-order valence-electron chi connectivity index (χ4n) is 2.75. The zero-order valence-corrected chi connectivity index (χ0v) is 15.7. The number of nitrogens with zero attached hydrogens (tertiary/aromatic N) is 1. The zero-order chi connectivity index (χ0) is 21.0. The number of rotatable bonds is 6. The van der Waals surface area contributed by atoms with E-state index < -0.39 is 22.9 Å². The molecule has 1 amide bonds. The summed E-state index contributed by atoms with van der Waals surface area (Å²) in [6.45, 7) is 1.42. The van der Waals surface area contributed by atoms with Crippen molar-refractivity contribution in [2.45, 2.75) is 13.0 Å². The van der Waals surface area contributed by atoms with Crippen molar-refractivity contribution in [3.63, 3.8) is 0 Å². The highest BCUT2D eigenvalue weighted by atomic mass is 16.6. The molecule has 0 aliphatic carbocycles. The first-order valence-corrected chi connectivity index (χ1v) is 8.72. The highest BCUT2D eigenvalue weighted by molar-refractivity contribution is 5.99. The van der Waals surface area contributed by atoms with Crippen LogP contribution in [0.5, 0.6) is 5.75 Å². The van der Waals surface area contributed by atoms with Gasteiger partial charge in [0.1, 0.15) is 0 Å². The Hall–Kier alpha value is -3.94. The number of hydrogen-bond donors (Lipinski definition) is 1. The molecule has 1 atom stereocenters. The van der Waals surface area contributed by atoms with Crippen LogP contribution in [0.4, 0.5) is 11.4 Å². The van der Waals surface area contributed by atoms with Gasteiger partial charge in [0.05, 0.1) is 17.6 Å². The first-order chi connectivity index (χ1) is 13.9. The van der Waals surface area contributed by atoms with Crippen molar-refractivity contribution in [1.82, 2.24) is 0 Å². The highest BCUT2D eigenvalue weighted by Gasteiger charge is 2.23. The van der Waals surface area contributed by atoms with Gasteiger partial charge in [-0.1, -0.05) is 30.3 Å². The quantitative estimate of drug-likeness (QED) is 0.385. The average Bonchev–Trinajstić information content (AvgIpc) is 2.72. The molecule has 0 bridgehead atoms. The lowest BCUT2D eigenvalue weighted by Crippen LogP contribution is -2.30. The number of carbonyl (C=O) groups excluding carboxylic acids is 2. The van der Waals surface area contributed by atoms with Gasteiger partial charge in [-0.15, -0.1) is 0 Å². The normalized spacial score (nSPS) is 11.5. The molecule has 0 aliphatic heterocycles. The molecular formula is C21H18N2O6.